The van der Waals surface area contributed by atoms with E-state index in [1.807, 2.05) is 32.0 Å². The number of anilines is 2. The average molecular weight is 312 g/mol. The summed E-state index contributed by atoms with van der Waals surface area (Å²) in [5.41, 5.74) is 3.29. The van der Waals surface area contributed by atoms with Crippen molar-refractivity contribution in [3.63, 3.8) is 0 Å². The number of amides is 1. The second-order valence-corrected chi connectivity index (χ2v) is 6.17. The zero-order valence-corrected chi connectivity index (χ0v) is 14.2. The number of aromatic nitrogens is 2. The lowest BCUT2D eigenvalue weighted by Crippen LogP contribution is -2.15. The highest BCUT2D eigenvalue weighted by Gasteiger charge is 2.10. The Kier molecular flexibility index (Phi) is 5.68. The van der Waals surface area contributed by atoms with E-state index >= 15 is 0 Å². The second kappa shape index (κ2) is 7.72. The van der Waals surface area contributed by atoms with E-state index in [-0.39, 0.29) is 5.91 Å². The van der Waals surface area contributed by atoms with E-state index in [9.17, 15) is 4.79 Å². The molecule has 122 valence electrons. The van der Waals surface area contributed by atoms with Crippen LogP contribution in [0.5, 0.6) is 0 Å². The molecule has 0 atom stereocenters. The molecule has 0 saturated heterocycles. The zero-order valence-electron chi connectivity index (χ0n) is 14.2. The molecule has 0 fully saturated rings. The summed E-state index contributed by atoms with van der Waals surface area (Å²) in [6, 6.07) is 5.90. The second-order valence-electron chi connectivity index (χ2n) is 6.17. The van der Waals surface area contributed by atoms with Gasteiger partial charge < -0.3 is 10.6 Å². The number of nitrogens with one attached hydrogen (secondary N) is 2. The number of nitrogens with zero attached hydrogens (tertiary/aromatic N) is 2. The van der Waals surface area contributed by atoms with Gasteiger partial charge in [0.1, 0.15) is 11.5 Å². The predicted octanol–water partition coefficient (Wildman–Crippen LogP) is 3.80. The standard InChI is InChI=1S/C18H24N4O/c1-12(2)7-8-19-17-11-20-16(10-21-17)18(23)22-15-6-5-13(3)9-14(15)4/h5-6,9-12H,7-8H2,1-4H3,(H,19,21)(H,22,23). The van der Waals surface area contributed by atoms with Crippen LogP contribution in [0.2, 0.25) is 0 Å². The van der Waals surface area contributed by atoms with Gasteiger partial charge in [-0.1, -0.05) is 31.5 Å². The maximum absolute atomic E-state index is 12.2. The van der Waals surface area contributed by atoms with Crippen molar-refractivity contribution in [2.45, 2.75) is 34.1 Å². The fraction of sp³-hybridized carbons (Fsp3) is 0.389. The summed E-state index contributed by atoms with van der Waals surface area (Å²) in [4.78, 5) is 20.7. The highest BCUT2D eigenvalue weighted by Crippen LogP contribution is 2.16. The zero-order chi connectivity index (χ0) is 16.8. The summed E-state index contributed by atoms with van der Waals surface area (Å²) in [6.07, 6.45) is 4.16. The quantitative estimate of drug-likeness (QED) is 0.851. The van der Waals surface area contributed by atoms with Crippen molar-refractivity contribution in [2.75, 3.05) is 17.2 Å². The Hall–Kier alpha value is -2.43. The van der Waals surface area contributed by atoms with Gasteiger partial charge in [0.25, 0.3) is 5.91 Å². The lowest BCUT2D eigenvalue weighted by atomic mass is 10.1. The fourth-order valence-corrected chi connectivity index (χ4v) is 2.17. The Morgan fingerprint density at radius 1 is 1.17 bits per heavy atom. The largest absolute Gasteiger partial charge is 0.369 e. The molecule has 0 bridgehead atoms. The van der Waals surface area contributed by atoms with E-state index in [4.69, 9.17) is 0 Å². The lowest BCUT2D eigenvalue weighted by molar-refractivity contribution is 0.102. The summed E-state index contributed by atoms with van der Waals surface area (Å²) < 4.78 is 0. The number of benzene rings is 1. The van der Waals surface area contributed by atoms with Crippen molar-refractivity contribution in [3.05, 3.63) is 47.4 Å². The van der Waals surface area contributed by atoms with Crippen LogP contribution in [0, 0.1) is 19.8 Å². The number of carbonyl (C=O) groups is 1. The molecule has 0 radical (unpaired) electrons. The summed E-state index contributed by atoms with van der Waals surface area (Å²) in [5, 5.41) is 6.07. The number of hydrogen-bond donors (Lipinski definition) is 2. The van der Waals surface area contributed by atoms with E-state index in [1.165, 1.54) is 6.20 Å². The van der Waals surface area contributed by atoms with Crippen LogP contribution in [0.15, 0.2) is 30.6 Å². The Morgan fingerprint density at radius 3 is 2.57 bits per heavy atom. The Morgan fingerprint density at radius 2 is 1.96 bits per heavy atom. The molecule has 0 aliphatic carbocycles. The van der Waals surface area contributed by atoms with Crippen LogP contribution >= 0.6 is 0 Å². The minimum atomic E-state index is -0.252. The van der Waals surface area contributed by atoms with E-state index in [1.54, 1.807) is 6.20 Å². The summed E-state index contributed by atoms with van der Waals surface area (Å²) in [5.74, 6) is 1.07. The lowest BCUT2D eigenvalue weighted by Gasteiger charge is -2.10. The SMILES string of the molecule is Cc1ccc(NC(=O)c2cnc(NCCC(C)C)cn2)c(C)c1. The third-order valence-corrected chi connectivity index (χ3v) is 3.54. The maximum atomic E-state index is 12.2. The molecular weight excluding hydrogens is 288 g/mol. The first kappa shape index (κ1) is 16.9. The van der Waals surface area contributed by atoms with Gasteiger partial charge in [0.05, 0.1) is 12.4 Å². The molecule has 5 nitrogen and oxygen atoms in total. The molecule has 2 rings (SSSR count). The first-order chi connectivity index (χ1) is 11.0. The van der Waals surface area contributed by atoms with Crippen LogP contribution in [-0.4, -0.2) is 22.4 Å². The van der Waals surface area contributed by atoms with E-state index < -0.39 is 0 Å². The highest BCUT2D eigenvalue weighted by atomic mass is 16.1. The molecule has 1 amide bonds. The molecule has 0 spiro atoms. The molecule has 0 aliphatic rings. The molecular formula is C18H24N4O. The topological polar surface area (TPSA) is 66.9 Å². The molecule has 0 aliphatic heterocycles. The normalized spacial score (nSPS) is 10.7. The van der Waals surface area contributed by atoms with Gasteiger partial charge in [-0.15, -0.1) is 0 Å². The Labute approximate surface area is 137 Å². The van der Waals surface area contributed by atoms with Crippen LogP contribution in [0.1, 0.15) is 41.9 Å². The van der Waals surface area contributed by atoms with Gasteiger partial charge >= 0.3 is 0 Å². The third kappa shape index (κ3) is 5.06. The summed E-state index contributed by atoms with van der Waals surface area (Å²) in [6.45, 7) is 9.19. The van der Waals surface area contributed by atoms with Crippen LogP contribution < -0.4 is 10.6 Å². The summed E-state index contributed by atoms with van der Waals surface area (Å²) in [7, 11) is 0. The van der Waals surface area contributed by atoms with Gasteiger partial charge in [-0.25, -0.2) is 9.97 Å². The molecule has 0 unspecified atom stereocenters. The van der Waals surface area contributed by atoms with Crippen LogP contribution in [0.3, 0.4) is 0 Å². The van der Waals surface area contributed by atoms with Gasteiger partial charge in [0.15, 0.2) is 0 Å². The van der Waals surface area contributed by atoms with Crippen molar-refractivity contribution >= 4 is 17.4 Å². The Balaban J connectivity index is 1.97. The number of aryl methyl sites for hydroxylation is 2. The summed E-state index contributed by atoms with van der Waals surface area (Å²) >= 11 is 0. The number of rotatable bonds is 6. The average Bonchev–Trinajstić information content (AvgIpc) is 2.50. The minimum absolute atomic E-state index is 0.252. The van der Waals surface area contributed by atoms with Crippen molar-refractivity contribution in [1.82, 2.24) is 9.97 Å². The Bertz CT molecular complexity index is 665. The maximum Gasteiger partial charge on any atom is 0.275 e. The highest BCUT2D eigenvalue weighted by molar-refractivity contribution is 6.03. The van der Waals surface area contributed by atoms with Crippen LogP contribution in [0.4, 0.5) is 11.5 Å². The molecule has 5 heteroatoms. The fourth-order valence-electron chi connectivity index (χ4n) is 2.17. The van der Waals surface area contributed by atoms with E-state index in [2.05, 4.69) is 34.4 Å². The molecule has 1 heterocycles. The number of carbonyl (C=O) groups excluding carboxylic acids is 1. The van der Waals surface area contributed by atoms with Crippen LogP contribution in [0.25, 0.3) is 0 Å². The third-order valence-electron chi connectivity index (χ3n) is 3.54. The first-order valence-electron chi connectivity index (χ1n) is 7.90. The first-order valence-corrected chi connectivity index (χ1v) is 7.90. The molecule has 23 heavy (non-hydrogen) atoms. The molecule has 2 aromatic rings. The van der Waals surface area contributed by atoms with E-state index in [0.717, 1.165) is 29.8 Å². The minimum Gasteiger partial charge on any atom is -0.369 e. The molecule has 0 saturated carbocycles. The van der Waals surface area contributed by atoms with Gasteiger partial charge in [0, 0.05) is 12.2 Å². The molecule has 2 N–H and O–H groups in total. The number of hydrogen-bond acceptors (Lipinski definition) is 4. The van der Waals surface area contributed by atoms with Gasteiger partial charge in [-0.05, 0) is 37.8 Å². The van der Waals surface area contributed by atoms with E-state index in [0.29, 0.717) is 17.4 Å². The van der Waals surface area contributed by atoms with Gasteiger partial charge in [-0.2, -0.15) is 0 Å². The smallest absolute Gasteiger partial charge is 0.275 e. The molecule has 1 aromatic heterocycles. The van der Waals surface area contributed by atoms with Crippen molar-refractivity contribution < 1.29 is 4.79 Å². The molecule has 1 aromatic carbocycles. The van der Waals surface area contributed by atoms with Gasteiger partial charge in [0.2, 0.25) is 0 Å². The van der Waals surface area contributed by atoms with Crippen molar-refractivity contribution in [2.24, 2.45) is 5.92 Å². The van der Waals surface area contributed by atoms with Crippen LogP contribution in [-0.2, 0) is 0 Å². The predicted molar refractivity (Wildman–Crippen MR) is 93.8 cm³/mol. The van der Waals surface area contributed by atoms with Crippen molar-refractivity contribution in [3.8, 4) is 0 Å². The van der Waals surface area contributed by atoms with Gasteiger partial charge in [-0.3, -0.25) is 4.79 Å². The van der Waals surface area contributed by atoms with Crippen molar-refractivity contribution in [1.29, 1.82) is 0 Å². The monoisotopic (exact) mass is 312 g/mol.